The third kappa shape index (κ3) is 3.86. The van der Waals surface area contributed by atoms with Crippen LogP contribution in [0.1, 0.15) is 10.5 Å². The van der Waals surface area contributed by atoms with E-state index in [0.29, 0.717) is 5.82 Å². The van der Waals surface area contributed by atoms with Crippen LogP contribution in [-0.2, 0) is 4.74 Å². The average molecular weight is 320 g/mol. The van der Waals surface area contributed by atoms with Crippen molar-refractivity contribution in [3.63, 3.8) is 0 Å². The molecule has 2 N–H and O–H groups in total. The van der Waals surface area contributed by atoms with Gasteiger partial charge in [0.1, 0.15) is 0 Å². The highest BCUT2D eigenvalue weighted by Gasteiger charge is 2.07. The molecule has 6 heteroatoms. The number of rotatable bonds is 5. The molecule has 3 rings (SSSR count). The molecule has 0 saturated carbocycles. The van der Waals surface area contributed by atoms with Crippen LogP contribution in [0.2, 0.25) is 0 Å². The first kappa shape index (κ1) is 15.5. The van der Waals surface area contributed by atoms with Gasteiger partial charge in [-0.05, 0) is 42.5 Å². The molecule has 6 nitrogen and oxygen atoms in total. The molecule has 0 aliphatic carbocycles. The Kier molecular flexibility index (Phi) is 4.67. The zero-order chi connectivity index (χ0) is 16.8. The Morgan fingerprint density at radius 3 is 2.21 bits per heavy atom. The van der Waals surface area contributed by atoms with Crippen molar-refractivity contribution in [2.75, 3.05) is 17.7 Å². The summed E-state index contributed by atoms with van der Waals surface area (Å²) in [6.45, 7) is 0. The van der Waals surface area contributed by atoms with E-state index in [1.54, 1.807) is 12.1 Å². The molecule has 0 aliphatic rings. The summed E-state index contributed by atoms with van der Waals surface area (Å²) in [4.78, 5) is 11.3. The largest absolute Gasteiger partial charge is 0.464 e. The lowest BCUT2D eigenvalue weighted by atomic mass is 10.2. The molecule has 0 aliphatic heterocycles. The zero-order valence-corrected chi connectivity index (χ0v) is 13.1. The van der Waals surface area contributed by atoms with E-state index in [1.165, 1.54) is 7.11 Å². The van der Waals surface area contributed by atoms with Gasteiger partial charge >= 0.3 is 5.97 Å². The van der Waals surface area contributed by atoms with Gasteiger partial charge < -0.3 is 15.4 Å². The third-order valence-corrected chi connectivity index (χ3v) is 3.26. The summed E-state index contributed by atoms with van der Waals surface area (Å²) in [5.41, 5.74) is 2.99. The van der Waals surface area contributed by atoms with Gasteiger partial charge in [-0.15, -0.1) is 10.2 Å². The molecule has 0 fully saturated rings. The number of para-hydroxylation sites is 1. The zero-order valence-electron chi connectivity index (χ0n) is 13.1. The van der Waals surface area contributed by atoms with Crippen molar-refractivity contribution in [3.8, 4) is 0 Å². The van der Waals surface area contributed by atoms with Crippen molar-refractivity contribution >= 4 is 28.8 Å². The van der Waals surface area contributed by atoms with Crippen LogP contribution in [0.4, 0.5) is 22.9 Å². The van der Waals surface area contributed by atoms with Crippen molar-refractivity contribution in [1.29, 1.82) is 0 Å². The second kappa shape index (κ2) is 7.23. The maximum atomic E-state index is 11.3. The van der Waals surface area contributed by atoms with E-state index in [1.807, 2.05) is 54.6 Å². The highest BCUT2D eigenvalue weighted by Crippen LogP contribution is 2.21. The van der Waals surface area contributed by atoms with Crippen LogP contribution in [0, 0.1) is 0 Å². The molecule has 0 amide bonds. The lowest BCUT2D eigenvalue weighted by molar-refractivity contribution is 0.0593. The van der Waals surface area contributed by atoms with E-state index < -0.39 is 5.97 Å². The summed E-state index contributed by atoms with van der Waals surface area (Å²) in [5, 5.41) is 14.3. The predicted molar refractivity (Wildman–Crippen MR) is 92.8 cm³/mol. The number of esters is 1. The van der Waals surface area contributed by atoms with Gasteiger partial charge in [-0.3, -0.25) is 0 Å². The average Bonchev–Trinajstić information content (AvgIpc) is 2.63. The smallest absolute Gasteiger partial charge is 0.358 e. The number of nitrogens with zero attached hydrogens (tertiary/aromatic N) is 2. The van der Waals surface area contributed by atoms with Crippen molar-refractivity contribution in [3.05, 3.63) is 72.4 Å². The molecule has 0 spiro atoms. The summed E-state index contributed by atoms with van der Waals surface area (Å²) in [7, 11) is 1.31. The Bertz CT molecular complexity index is 820. The van der Waals surface area contributed by atoms with Crippen molar-refractivity contribution in [2.45, 2.75) is 0 Å². The number of carbonyl (C=O) groups excluding carboxylic acids is 1. The summed E-state index contributed by atoms with van der Waals surface area (Å²) in [6.07, 6.45) is 0. The number of methoxy groups -OCH3 is 1. The Morgan fingerprint density at radius 1 is 0.833 bits per heavy atom. The van der Waals surface area contributed by atoms with E-state index in [2.05, 4.69) is 25.6 Å². The molecule has 0 unspecified atom stereocenters. The van der Waals surface area contributed by atoms with Crippen LogP contribution >= 0.6 is 0 Å². The molecule has 1 heterocycles. The maximum absolute atomic E-state index is 11.3. The van der Waals surface area contributed by atoms with Gasteiger partial charge in [-0.1, -0.05) is 24.3 Å². The fourth-order valence-electron chi connectivity index (χ4n) is 2.12. The first-order chi connectivity index (χ1) is 11.7. The second-order valence-corrected chi connectivity index (χ2v) is 4.99. The number of hydrogen-bond acceptors (Lipinski definition) is 6. The van der Waals surface area contributed by atoms with E-state index in [-0.39, 0.29) is 5.69 Å². The Hall–Kier alpha value is -3.41. The monoisotopic (exact) mass is 320 g/mol. The standard InChI is InChI=1S/C18H16N4O2/c1-24-18(23)16-10-11-17(22-21-16)20-15-9-5-8-14(12-15)19-13-6-3-2-4-7-13/h2-12,19H,1H3,(H,20,22). The second-order valence-electron chi connectivity index (χ2n) is 4.99. The minimum Gasteiger partial charge on any atom is -0.464 e. The van der Waals surface area contributed by atoms with Gasteiger partial charge in [0.05, 0.1) is 7.11 Å². The van der Waals surface area contributed by atoms with Crippen LogP contribution in [-0.4, -0.2) is 23.3 Å². The van der Waals surface area contributed by atoms with E-state index >= 15 is 0 Å². The van der Waals surface area contributed by atoms with Gasteiger partial charge in [0.15, 0.2) is 11.5 Å². The predicted octanol–water partition coefficient (Wildman–Crippen LogP) is 3.75. The minimum absolute atomic E-state index is 0.169. The first-order valence-electron chi connectivity index (χ1n) is 7.36. The SMILES string of the molecule is COC(=O)c1ccc(Nc2cccc(Nc3ccccc3)c2)nn1. The molecule has 24 heavy (non-hydrogen) atoms. The van der Waals surface area contributed by atoms with Gasteiger partial charge in [0.2, 0.25) is 0 Å². The van der Waals surface area contributed by atoms with Crippen molar-refractivity contribution in [1.82, 2.24) is 10.2 Å². The Morgan fingerprint density at radius 2 is 1.54 bits per heavy atom. The van der Waals surface area contributed by atoms with E-state index in [9.17, 15) is 4.79 Å². The normalized spacial score (nSPS) is 10.0. The molecule has 2 aromatic carbocycles. The maximum Gasteiger partial charge on any atom is 0.358 e. The van der Waals surface area contributed by atoms with Gasteiger partial charge in [0.25, 0.3) is 0 Å². The highest BCUT2D eigenvalue weighted by atomic mass is 16.5. The summed E-state index contributed by atoms with van der Waals surface area (Å²) < 4.78 is 4.60. The minimum atomic E-state index is -0.511. The molecule has 0 atom stereocenters. The van der Waals surface area contributed by atoms with E-state index in [4.69, 9.17) is 0 Å². The fraction of sp³-hybridized carbons (Fsp3) is 0.0556. The van der Waals surface area contributed by atoms with Crippen molar-refractivity contribution < 1.29 is 9.53 Å². The highest BCUT2D eigenvalue weighted by molar-refractivity contribution is 5.87. The van der Waals surface area contributed by atoms with E-state index in [0.717, 1.165) is 17.1 Å². The van der Waals surface area contributed by atoms with Crippen LogP contribution in [0.5, 0.6) is 0 Å². The number of carbonyl (C=O) groups is 1. The molecular formula is C18H16N4O2. The molecule has 120 valence electrons. The van der Waals surface area contributed by atoms with Crippen LogP contribution in [0.25, 0.3) is 0 Å². The molecule has 1 aromatic heterocycles. The topological polar surface area (TPSA) is 76.1 Å². The molecule has 3 aromatic rings. The number of ether oxygens (including phenoxy) is 1. The Labute approximate surface area is 139 Å². The number of aromatic nitrogens is 2. The number of nitrogens with one attached hydrogen (secondary N) is 2. The van der Waals surface area contributed by atoms with Gasteiger partial charge in [-0.2, -0.15) is 0 Å². The van der Waals surface area contributed by atoms with Gasteiger partial charge in [-0.25, -0.2) is 4.79 Å². The van der Waals surface area contributed by atoms with Crippen LogP contribution < -0.4 is 10.6 Å². The van der Waals surface area contributed by atoms with Crippen molar-refractivity contribution in [2.24, 2.45) is 0 Å². The molecule has 0 bridgehead atoms. The summed E-state index contributed by atoms with van der Waals surface area (Å²) in [5.74, 6) is 0.0302. The number of benzene rings is 2. The quantitative estimate of drug-likeness (QED) is 0.697. The lowest BCUT2D eigenvalue weighted by Gasteiger charge is -2.09. The number of anilines is 4. The summed E-state index contributed by atoms with van der Waals surface area (Å²) >= 11 is 0. The van der Waals surface area contributed by atoms with Crippen LogP contribution in [0.3, 0.4) is 0 Å². The Balaban J connectivity index is 1.71. The van der Waals surface area contributed by atoms with Gasteiger partial charge in [0, 0.05) is 17.1 Å². The fourth-order valence-corrected chi connectivity index (χ4v) is 2.12. The third-order valence-electron chi connectivity index (χ3n) is 3.26. The number of hydrogen-bond donors (Lipinski definition) is 2. The molecule has 0 radical (unpaired) electrons. The molecular weight excluding hydrogens is 304 g/mol. The summed E-state index contributed by atoms with van der Waals surface area (Å²) in [6, 6.07) is 21.0. The first-order valence-corrected chi connectivity index (χ1v) is 7.36. The lowest BCUT2D eigenvalue weighted by Crippen LogP contribution is -2.06. The molecule has 0 saturated heterocycles. The van der Waals surface area contributed by atoms with Crippen LogP contribution in [0.15, 0.2) is 66.7 Å².